The van der Waals surface area contributed by atoms with Gasteiger partial charge >= 0.3 is 0 Å². The van der Waals surface area contributed by atoms with Gasteiger partial charge in [-0.25, -0.2) is 0 Å². The van der Waals surface area contributed by atoms with Gasteiger partial charge < -0.3 is 52.6 Å². The first kappa shape index (κ1) is 120. The SMILES string of the molecule is CCC.CCC(C)CC.CCCC.CCCCCCCNCC.CCCCCCNCC.CCCCCNCC.CCCCNCC.CCCNCC.CCNC(C)(C)C.CCNC(C)C.CCNc1ccc(C)cc1.CCNc1ccccc1.CCOCC.CCSCC. The lowest BCUT2D eigenvalue weighted by Crippen LogP contribution is -2.35. The minimum atomic E-state index is 0.300. The van der Waals surface area contributed by atoms with Crippen molar-refractivity contribution in [2.45, 2.75) is 355 Å². The molecule has 0 bridgehead atoms. The van der Waals surface area contributed by atoms with Crippen LogP contribution in [0.1, 0.15) is 342 Å². The number of hydrogen-bond acceptors (Lipinski definition) is 11. The lowest BCUT2D eigenvalue weighted by Gasteiger charge is -2.18. The van der Waals surface area contributed by atoms with Gasteiger partial charge in [-0.15, -0.1) is 0 Å². The molecule has 11 heteroatoms. The topological polar surface area (TPSA) is 118 Å². The van der Waals surface area contributed by atoms with Gasteiger partial charge in [0.05, 0.1) is 0 Å². The van der Waals surface area contributed by atoms with E-state index < -0.39 is 0 Å². The normalized spacial score (nSPS) is 9.48. The van der Waals surface area contributed by atoms with Crippen LogP contribution in [0.25, 0.3) is 0 Å². The number of rotatable bonds is 39. The number of hydrogen-bond donors (Lipinski definition) is 9. The van der Waals surface area contributed by atoms with Crippen molar-refractivity contribution in [1.29, 1.82) is 0 Å². The highest BCUT2D eigenvalue weighted by Gasteiger charge is 2.04. The smallest absolute Gasteiger partial charge is 0.0437 e. The average Bonchev–Trinajstić information content (AvgIpc) is 1.66. The third kappa shape index (κ3) is 188. The minimum Gasteiger partial charge on any atom is -0.385 e. The van der Waals surface area contributed by atoms with Crippen LogP contribution >= 0.6 is 11.8 Å². The van der Waals surface area contributed by atoms with Gasteiger partial charge in [0.25, 0.3) is 0 Å². The second kappa shape index (κ2) is 129. The molecule has 0 saturated heterocycles. The number of benzene rings is 2. The second-order valence-electron chi connectivity index (χ2n) is 24.3. The van der Waals surface area contributed by atoms with Gasteiger partial charge in [0.1, 0.15) is 0 Å². The van der Waals surface area contributed by atoms with Gasteiger partial charge in [0.15, 0.2) is 0 Å². The second-order valence-corrected chi connectivity index (χ2v) is 25.8. The molecule has 9 N–H and O–H groups in total. The lowest BCUT2D eigenvalue weighted by atomic mass is 10.1. The summed E-state index contributed by atoms with van der Waals surface area (Å²) in [4.78, 5) is 0. The first-order valence-corrected chi connectivity index (χ1v) is 41.5. The van der Waals surface area contributed by atoms with E-state index in [2.05, 4.69) is 285 Å². The van der Waals surface area contributed by atoms with E-state index in [1.165, 1.54) is 183 Å². The molecular weight excluding hydrogens is 1180 g/mol. The molecule has 95 heavy (non-hydrogen) atoms. The molecule has 0 saturated carbocycles. The van der Waals surface area contributed by atoms with Gasteiger partial charge in [0.2, 0.25) is 0 Å². The third-order valence-corrected chi connectivity index (χ3v) is 13.4. The quantitative estimate of drug-likeness (QED) is 0.0298. The zero-order valence-corrected chi connectivity index (χ0v) is 72.4. The zero-order chi connectivity index (χ0) is 75.4. The Balaban J connectivity index is -0.0000000789. The molecule has 0 atom stereocenters. The molecule has 2 rings (SSSR count). The lowest BCUT2D eigenvalue weighted by molar-refractivity contribution is 0.162. The molecule has 0 radical (unpaired) electrons. The molecule has 0 aliphatic rings. The van der Waals surface area contributed by atoms with E-state index in [0.717, 1.165) is 84.6 Å². The van der Waals surface area contributed by atoms with Gasteiger partial charge in [-0.1, -0.05) is 291 Å². The Morgan fingerprint density at radius 1 is 0.358 bits per heavy atom. The van der Waals surface area contributed by atoms with E-state index in [9.17, 15) is 0 Å². The molecule has 2 aromatic rings. The highest BCUT2D eigenvalue weighted by molar-refractivity contribution is 7.99. The summed E-state index contributed by atoms with van der Waals surface area (Å²) >= 11 is 1.96. The molecule has 0 fully saturated rings. The van der Waals surface area contributed by atoms with Gasteiger partial charge in [-0.3, -0.25) is 0 Å². The summed E-state index contributed by atoms with van der Waals surface area (Å²) in [5.74, 6) is 3.46. The molecule has 0 aliphatic heterocycles. The van der Waals surface area contributed by atoms with Crippen LogP contribution in [0.3, 0.4) is 0 Å². The van der Waals surface area contributed by atoms with Crippen molar-refractivity contribution in [3.8, 4) is 0 Å². The van der Waals surface area contributed by atoms with Crippen LogP contribution in [0.2, 0.25) is 0 Å². The number of aryl methyl sites for hydroxylation is 1. The van der Waals surface area contributed by atoms with Crippen LogP contribution in [0.4, 0.5) is 11.4 Å². The molecule has 0 amide bonds. The van der Waals surface area contributed by atoms with Crippen molar-refractivity contribution in [3.05, 3.63) is 60.2 Å². The van der Waals surface area contributed by atoms with Crippen LogP contribution < -0.4 is 47.9 Å². The number of anilines is 2. The molecule has 10 nitrogen and oxygen atoms in total. The molecule has 0 heterocycles. The summed E-state index contributed by atoms with van der Waals surface area (Å²) in [7, 11) is 0. The number of nitrogens with one attached hydrogen (secondary N) is 9. The van der Waals surface area contributed by atoms with Crippen LogP contribution in [0.15, 0.2) is 54.6 Å². The van der Waals surface area contributed by atoms with Gasteiger partial charge in [-0.05, 0) is 208 Å². The summed E-state index contributed by atoms with van der Waals surface area (Å²) in [6.07, 6.45) is 26.8. The molecular formula is C84H189N9OS. The van der Waals surface area contributed by atoms with Crippen LogP contribution in [-0.2, 0) is 4.74 Å². The van der Waals surface area contributed by atoms with E-state index in [4.69, 9.17) is 4.74 Å². The number of thioether (sulfide) groups is 1. The summed E-state index contributed by atoms with van der Waals surface area (Å²) in [6.45, 7) is 84.1. The fourth-order valence-electron chi connectivity index (χ4n) is 6.66. The van der Waals surface area contributed by atoms with Crippen molar-refractivity contribution in [2.24, 2.45) is 5.92 Å². The standard InChI is InChI=1S/C9H13N.C9H21N.C8H11N.C8H19N.C7H17N.2C6H15N.C6H14.2C5H13N.C4H10O.C4H10S.C4H10.C3H8/c1-3-10-9-6-4-8(2)5-7-9;1-3-5-6-7-8-9-10-4-2;1-2-9-8-6-4-3-5-7-8;1-3-5-6-7-8-9-4-2;1-3-5-6-7-8-4-2;1-5-7-6(2,3)4;1-3-5-6-7-4-2;1-4-6(3)5-2;1-4-6-5(2)3;1-3-5-6-4-2;2*1-3-5-4-2;1-3-4-2;1-3-2/h4-7,10H,3H2,1-2H3;10H,3-9H2,1-2H3;3-7,9H,2H2,1H3;9H,3-8H2,1-2H3;8H,3-7H2,1-2H3;7H,5H2,1-4H3;7H,3-6H2,1-2H3;6H,4-5H2,1-3H3;5-6H,4H2,1-3H3;6H,3-5H2,1-2H3;2*3-4H2,1-2H3;3-4H2,1-2H3;3H2,1-2H3. The average molecular weight is 1370 g/mol. The minimum absolute atomic E-state index is 0.300. The highest BCUT2D eigenvalue weighted by atomic mass is 32.2. The first-order valence-electron chi connectivity index (χ1n) is 40.4. The molecule has 0 unspecified atom stereocenters. The fraction of sp³-hybridized carbons (Fsp3) is 0.857. The predicted molar refractivity (Wildman–Crippen MR) is 456 cm³/mol. The van der Waals surface area contributed by atoms with Crippen LogP contribution in [0.5, 0.6) is 0 Å². The fourth-order valence-corrected chi connectivity index (χ4v) is 7.07. The van der Waals surface area contributed by atoms with E-state index in [1.807, 2.05) is 43.8 Å². The predicted octanol–water partition coefficient (Wildman–Crippen LogP) is 24.3. The molecule has 2 aromatic carbocycles. The van der Waals surface area contributed by atoms with Crippen LogP contribution in [0, 0.1) is 12.8 Å². The monoisotopic (exact) mass is 1370 g/mol. The van der Waals surface area contributed by atoms with Gasteiger partial charge in [-0.2, -0.15) is 11.8 Å². The zero-order valence-electron chi connectivity index (χ0n) is 71.5. The third-order valence-electron chi connectivity index (χ3n) is 12.6. The summed E-state index contributed by atoms with van der Waals surface area (Å²) in [6, 6.07) is 19.2. The van der Waals surface area contributed by atoms with Crippen LogP contribution in [-0.4, -0.2) is 128 Å². The van der Waals surface area contributed by atoms with Crippen molar-refractivity contribution in [1.82, 2.24) is 37.2 Å². The Labute approximate surface area is 609 Å². The number of para-hydroxylation sites is 1. The maximum absolute atomic E-state index is 4.83. The summed E-state index contributed by atoms with van der Waals surface area (Å²) in [5.41, 5.74) is 4.00. The number of unbranched alkanes of at least 4 members (excludes halogenated alkanes) is 11. The maximum Gasteiger partial charge on any atom is 0.0437 e. The van der Waals surface area contributed by atoms with Gasteiger partial charge in [0, 0.05) is 49.3 Å². The molecule has 0 spiro atoms. The summed E-state index contributed by atoms with van der Waals surface area (Å²) in [5, 5.41) is 29.3. The summed E-state index contributed by atoms with van der Waals surface area (Å²) < 4.78 is 4.83. The molecule has 582 valence electrons. The van der Waals surface area contributed by atoms with Crippen molar-refractivity contribution < 1.29 is 4.74 Å². The Morgan fingerprint density at radius 3 is 0.916 bits per heavy atom. The highest BCUT2D eigenvalue weighted by Crippen LogP contribution is 2.08. The van der Waals surface area contributed by atoms with E-state index in [1.54, 1.807) is 0 Å². The van der Waals surface area contributed by atoms with E-state index in [0.29, 0.717) is 11.6 Å². The molecule has 0 aromatic heterocycles. The number of ether oxygens (including phenoxy) is 1. The molecule has 0 aliphatic carbocycles. The van der Waals surface area contributed by atoms with Crippen molar-refractivity contribution >= 4 is 23.1 Å². The maximum atomic E-state index is 4.83. The van der Waals surface area contributed by atoms with E-state index in [-0.39, 0.29) is 0 Å². The Kier molecular flexibility index (Phi) is 162. The van der Waals surface area contributed by atoms with E-state index >= 15 is 0 Å². The van der Waals surface area contributed by atoms with Crippen molar-refractivity contribution in [2.75, 3.05) is 127 Å². The Morgan fingerprint density at radius 2 is 0.695 bits per heavy atom. The first-order chi connectivity index (χ1) is 45.6. The Hall–Kier alpha value is -1.93. The largest absolute Gasteiger partial charge is 0.385 e. The van der Waals surface area contributed by atoms with Crippen molar-refractivity contribution in [3.63, 3.8) is 0 Å². The Bertz CT molecular complexity index is 1290.